The molecule has 8 nitrogen and oxygen atoms in total. The van der Waals surface area contributed by atoms with Crippen LogP contribution in [0, 0.1) is 11.8 Å². The maximum Gasteiger partial charge on any atom is 0.327 e. The van der Waals surface area contributed by atoms with Crippen LogP contribution < -0.4 is 0 Å². The molecule has 2 amide bonds. The molecule has 2 aromatic carbocycles. The largest absolute Gasteiger partial charge is 0.480 e. The number of carboxylic acid groups (broad SMARTS) is 2. The molecule has 2 N–H and O–H groups in total. The van der Waals surface area contributed by atoms with E-state index < -0.39 is 35.9 Å². The SMILES string of the molecule is C[C@H](CSSC[C@@H](C)C(=O)N1C(Cc2ccccc2)SC[C@H]1C(=O)O)C(=O)N1C(Cc2ccccc2)SC[C@H]1C(=O)O. The van der Waals surface area contributed by atoms with Crippen molar-refractivity contribution in [1.82, 2.24) is 9.80 Å². The van der Waals surface area contributed by atoms with E-state index in [9.17, 15) is 29.4 Å². The molecule has 2 heterocycles. The van der Waals surface area contributed by atoms with Crippen molar-refractivity contribution < 1.29 is 29.4 Å². The van der Waals surface area contributed by atoms with Crippen molar-refractivity contribution in [1.29, 1.82) is 0 Å². The van der Waals surface area contributed by atoms with E-state index in [4.69, 9.17) is 0 Å². The third-order valence-electron chi connectivity index (χ3n) is 7.33. The third-order valence-corrected chi connectivity index (χ3v) is 12.7. The van der Waals surface area contributed by atoms with Gasteiger partial charge in [0.05, 0.1) is 10.7 Å². The van der Waals surface area contributed by atoms with Gasteiger partial charge in [0.15, 0.2) is 0 Å². The summed E-state index contributed by atoms with van der Waals surface area (Å²) < 4.78 is 0. The maximum absolute atomic E-state index is 13.5. The molecule has 2 aromatic rings. The number of thioether (sulfide) groups is 2. The lowest BCUT2D eigenvalue weighted by molar-refractivity contribution is -0.150. The van der Waals surface area contributed by atoms with Crippen molar-refractivity contribution in [3.63, 3.8) is 0 Å². The first-order chi connectivity index (χ1) is 20.2. The van der Waals surface area contributed by atoms with E-state index in [2.05, 4.69) is 0 Å². The van der Waals surface area contributed by atoms with Gasteiger partial charge in [0.1, 0.15) is 12.1 Å². The van der Waals surface area contributed by atoms with Gasteiger partial charge >= 0.3 is 11.9 Å². The second-order valence-corrected chi connectivity index (χ2v) is 15.5. The first-order valence-corrected chi connectivity index (χ1v) is 18.4. The standard InChI is InChI=1S/C30H36N2O6S4/c1-19(27(33)31-23(29(35)36)17-39-25(31)13-21-9-5-3-6-10-21)15-41-42-16-20(2)28(34)32-24(30(37)38)18-40-26(32)14-22-11-7-4-8-12-22/h3-12,19-20,23-26H,13-18H2,1-2H3,(H,35,36)(H,37,38)/t19-,20-,23+,24+,25?,26?/m1/s1. The van der Waals surface area contributed by atoms with Gasteiger partial charge in [-0.25, -0.2) is 9.59 Å². The van der Waals surface area contributed by atoms with Gasteiger partial charge in [-0.2, -0.15) is 0 Å². The molecule has 0 saturated carbocycles. The Bertz CT molecular complexity index is 1140. The summed E-state index contributed by atoms with van der Waals surface area (Å²) in [7, 11) is 2.97. The smallest absolute Gasteiger partial charge is 0.327 e. The molecule has 2 fully saturated rings. The number of carboxylic acids is 2. The monoisotopic (exact) mass is 648 g/mol. The average molecular weight is 649 g/mol. The molecule has 0 aliphatic carbocycles. The first-order valence-electron chi connectivity index (χ1n) is 13.8. The van der Waals surface area contributed by atoms with Crippen LogP contribution in [0.5, 0.6) is 0 Å². The quantitative estimate of drug-likeness (QED) is 0.231. The highest BCUT2D eigenvalue weighted by Crippen LogP contribution is 2.36. The Hall–Kier alpha value is -2.28. The van der Waals surface area contributed by atoms with Crippen LogP contribution in [0.1, 0.15) is 25.0 Å². The fourth-order valence-corrected chi connectivity index (χ4v) is 10.5. The molecule has 12 heteroatoms. The predicted molar refractivity (Wildman–Crippen MR) is 173 cm³/mol. The summed E-state index contributed by atoms with van der Waals surface area (Å²) in [6.07, 6.45) is 1.18. The molecular weight excluding hydrogens is 613 g/mol. The molecule has 0 spiro atoms. The lowest BCUT2D eigenvalue weighted by Gasteiger charge is -2.30. The molecule has 0 bridgehead atoms. The number of hydrogen-bond donors (Lipinski definition) is 2. The minimum atomic E-state index is -0.988. The topological polar surface area (TPSA) is 115 Å². The van der Waals surface area contributed by atoms with Crippen LogP contribution in [0.15, 0.2) is 60.7 Å². The van der Waals surface area contributed by atoms with Crippen molar-refractivity contribution in [3.05, 3.63) is 71.8 Å². The van der Waals surface area contributed by atoms with Crippen molar-refractivity contribution in [2.75, 3.05) is 23.0 Å². The van der Waals surface area contributed by atoms with E-state index in [1.165, 1.54) is 45.1 Å². The molecule has 2 saturated heterocycles. The van der Waals surface area contributed by atoms with Crippen molar-refractivity contribution in [2.24, 2.45) is 11.8 Å². The van der Waals surface area contributed by atoms with E-state index in [-0.39, 0.29) is 22.6 Å². The Morgan fingerprint density at radius 1 is 0.714 bits per heavy atom. The van der Waals surface area contributed by atoms with E-state index >= 15 is 0 Å². The summed E-state index contributed by atoms with van der Waals surface area (Å²) in [5, 5.41) is 19.1. The van der Waals surface area contributed by atoms with Gasteiger partial charge in [-0.3, -0.25) is 9.59 Å². The number of nitrogens with zero attached hydrogens (tertiary/aromatic N) is 2. The van der Waals surface area contributed by atoms with E-state index in [1.54, 1.807) is 9.80 Å². The lowest BCUT2D eigenvalue weighted by atomic mass is 10.1. The molecule has 6 atom stereocenters. The summed E-state index contributed by atoms with van der Waals surface area (Å²) in [5.41, 5.74) is 2.12. The second-order valence-electron chi connectivity index (χ2n) is 10.5. The number of hydrogen-bond acceptors (Lipinski definition) is 8. The molecule has 0 aromatic heterocycles. The molecule has 2 aliphatic rings. The normalized spacial score (nSPS) is 23.5. The van der Waals surface area contributed by atoms with Crippen molar-refractivity contribution in [3.8, 4) is 0 Å². The van der Waals surface area contributed by atoms with Gasteiger partial charge in [0.25, 0.3) is 0 Å². The minimum absolute atomic E-state index is 0.173. The molecule has 42 heavy (non-hydrogen) atoms. The average Bonchev–Trinajstić information content (AvgIpc) is 3.60. The van der Waals surface area contributed by atoms with Crippen LogP contribution in [0.3, 0.4) is 0 Å². The van der Waals surface area contributed by atoms with Crippen LogP contribution in [0.2, 0.25) is 0 Å². The highest BCUT2D eigenvalue weighted by Gasteiger charge is 2.44. The number of rotatable bonds is 13. The number of carbonyl (C=O) groups excluding carboxylic acids is 2. The summed E-state index contributed by atoms with van der Waals surface area (Å²) in [5.74, 6) is -1.43. The van der Waals surface area contributed by atoms with E-state index in [0.717, 1.165) is 11.1 Å². The Morgan fingerprint density at radius 3 is 1.40 bits per heavy atom. The lowest BCUT2D eigenvalue weighted by Crippen LogP contribution is -2.48. The fraction of sp³-hybridized carbons (Fsp3) is 0.467. The predicted octanol–water partition coefficient (Wildman–Crippen LogP) is 4.83. The number of benzene rings is 2. The Labute approximate surface area is 263 Å². The van der Waals surface area contributed by atoms with Gasteiger partial charge in [0, 0.05) is 47.7 Å². The summed E-state index contributed by atoms with van der Waals surface area (Å²) >= 11 is 3.01. The molecule has 2 unspecified atom stereocenters. The minimum Gasteiger partial charge on any atom is -0.480 e. The highest BCUT2D eigenvalue weighted by molar-refractivity contribution is 8.76. The van der Waals surface area contributed by atoms with E-state index in [1.807, 2.05) is 74.5 Å². The molecule has 2 aliphatic heterocycles. The number of amides is 2. The zero-order valence-corrected chi connectivity index (χ0v) is 26.8. The number of carbonyl (C=O) groups is 4. The molecule has 226 valence electrons. The molecular formula is C30H36N2O6S4. The summed E-state index contributed by atoms with van der Waals surface area (Å²) in [6.45, 7) is 3.64. The second kappa shape index (κ2) is 15.4. The van der Waals surface area contributed by atoms with E-state index in [0.29, 0.717) is 35.9 Å². The van der Waals surface area contributed by atoms with Crippen molar-refractivity contribution >= 4 is 68.9 Å². The van der Waals surface area contributed by atoms with Crippen LogP contribution >= 0.6 is 45.1 Å². The fourth-order valence-electron chi connectivity index (χ4n) is 5.00. The Balaban J connectivity index is 1.30. The Morgan fingerprint density at radius 2 is 1.07 bits per heavy atom. The molecule has 0 radical (unpaired) electrons. The highest BCUT2D eigenvalue weighted by atomic mass is 33.1. The van der Waals surface area contributed by atoms with Crippen LogP contribution in [-0.2, 0) is 32.0 Å². The van der Waals surface area contributed by atoms with Crippen molar-refractivity contribution in [2.45, 2.75) is 49.5 Å². The summed E-state index contributed by atoms with van der Waals surface area (Å²) in [6, 6.07) is 17.8. The van der Waals surface area contributed by atoms with Gasteiger partial charge in [-0.05, 0) is 11.1 Å². The zero-order valence-electron chi connectivity index (χ0n) is 23.5. The van der Waals surface area contributed by atoms with Gasteiger partial charge in [-0.1, -0.05) is 96.1 Å². The van der Waals surface area contributed by atoms with Crippen LogP contribution in [0.25, 0.3) is 0 Å². The Kier molecular flexibility index (Phi) is 12.0. The zero-order chi connectivity index (χ0) is 30.2. The number of aliphatic carboxylic acids is 2. The summed E-state index contributed by atoms with van der Waals surface area (Å²) in [4.78, 5) is 53.9. The van der Waals surface area contributed by atoms with Crippen LogP contribution in [-0.4, -0.2) is 89.6 Å². The van der Waals surface area contributed by atoms with Gasteiger partial charge < -0.3 is 20.0 Å². The van der Waals surface area contributed by atoms with Gasteiger partial charge in [-0.15, -0.1) is 23.5 Å². The van der Waals surface area contributed by atoms with Gasteiger partial charge in [0.2, 0.25) is 11.8 Å². The van der Waals surface area contributed by atoms with Crippen LogP contribution in [0.4, 0.5) is 0 Å². The maximum atomic E-state index is 13.5. The molecule has 4 rings (SSSR count). The third kappa shape index (κ3) is 8.21. The first kappa shape index (κ1) is 32.6.